The van der Waals surface area contributed by atoms with Crippen LogP contribution >= 0.6 is 0 Å². The highest BCUT2D eigenvalue weighted by molar-refractivity contribution is 5.99. The van der Waals surface area contributed by atoms with Gasteiger partial charge in [0.15, 0.2) is 5.78 Å². The molecule has 2 heterocycles. The van der Waals surface area contributed by atoms with Crippen molar-refractivity contribution < 1.29 is 4.79 Å². The normalized spacial score (nSPS) is 24.6. The molecular weight excluding hydrogens is 236 g/mol. The minimum atomic E-state index is 0.334. The molecule has 1 unspecified atom stereocenters. The van der Waals surface area contributed by atoms with E-state index in [2.05, 4.69) is 22.7 Å². The molecule has 104 valence electrons. The number of piperidine rings is 1. The first-order chi connectivity index (χ1) is 9.24. The zero-order valence-corrected chi connectivity index (χ0v) is 11.8. The average Bonchev–Trinajstić information content (AvgIpc) is 3.16. The van der Waals surface area contributed by atoms with Gasteiger partial charge in [-0.25, -0.2) is 0 Å². The second-order valence-electron chi connectivity index (χ2n) is 6.20. The standard InChI is InChI=1S/C16H24N2O/c1-17-9-3-2-4-15(17)8-11-18-10-7-14(12-18)16(19)13-5-6-13/h7,10,12-13,15H,2-6,8-9,11H2,1H3. The van der Waals surface area contributed by atoms with Crippen molar-refractivity contribution in [2.24, 2.45) is 5.92 Å². The van der Waals surface area contributed by atoms with Crippen LogP contribution in [0.15, 0.2) is 18.5 Å². The summed E-state index contributed by atoms with van der Waals surface area (Å²) in [6, 6.07) is 2.71. The van der Waals surface area contributed by atoms with Gasteiger partial charge in [0.25, 0.3) is 0 Å². The summed E-state index contributed by atoms with van der Waals surface area (Å²) < 4.78 is 2.19. The lowest BCUT2D eigenvalue weighted by Gasteiger charge is -2.32. The number of nitrogens with zero attached hydrogens (tertiary/aromatic N) is 2. The third kappa shape index (κ3) is 3.08. The van der Waals surface area contributed by atoms with E-state index in [1.807, 2.05) is 12.3 Å². The van der Waals surface area contributed by atoms with Crippen LogP contribution in [-0.4, -0.2) is 34.9 Å². The van der Waals surface area contributed by atoms with E-state index < -0.39 is 0 Å². The van der Waals surface area contributed by atoms with E-state index in [0.29, 0.717) is 11.7 Å². The van der Waals surface area contributed by atoms with Crippen LogP contribution < -0.4 is 0 Å². The highest BCUT2D eigenvalue weighted by Crippen LogP contribution is 2.32. The number of aryl methyl sites for hydroxylation is 1. The Kier molecular flexibility index (Phi) is 3.74. The third-order valence-electron chi connectivity index (χ3n) is 4.63. The van der Waals surface area contributed by atoms with Crippen molar-refractivity contribution in [1.29, 1.82) is 0 Å². The number of hydrogen-bond acceptors (Lipinski definition) is 2. The second-order valence-corrected chi connectivity index (χ2v) is 6.20. The summed E-state index contributed by atoms with van der Waals surface area (Å²) in [6.45, 7) is 2.27. The molecule has 0 aromatic carbocycles. The van der Waals surface area contributed by atoms with Gasteiger partial charge in [-0.2, -0.15) is 0 Å². The zero-order chi connectivity index (χ0) is 13.2. The summed E-state index contributed by atoms with van der Waals surface area (Å²) in [4.78, 5) is 14.4. The Labute approximate surface area is 115 Å². The van der Waals surface area contributed by atoms with Crippen LogP contribution in [0, 0.1) is 5.92 Å². The van der Waals surface area contributed by atoms with Crippen molar-refractivity contribution in [2.45, 2.75) is 51.1 Å². The van der Waals surface area contributed by atoms with E-state index in [1.165, 1.54) is 32.2 Å². The Balaban J connectivity index is 1.53. The predicted molar refractivity (Wildman–Crippen MR) is 76.4 cm³/mol. The quantitative estimate of drug-likeness (QED) is 0.761. The molecule has 1 aromatic rings. The lowest BCUT2D eigenvalue weighted by Crippen LogP contribution is -2.36. The Morgan fingerprint density at radius 2 is 2.16 bits per heavy atom. The van der Waals surface area contributed by atoms with Gasteiger partial charge >= 0.3 is 0 Å². The van der Waals surface area contributed by atoms with Gasteiger partial charge in [-0.1, -0.05) is 6.42 Å². The summed E-state index contributed by atoms with van der Waals surface area (Å²) in [5.74, 6) is 0.689. The van der Waals surface area contributed by atoms with Crippen molar-refractivity contribution in [2.75, 3.05) is 13.6 Å². The van der Waals surface area contributed by atoms with Gasteiger partial charge in [-0.15, -0.1) is 0 Å². The number of rotatable bonds is 5. The van der Waals surface area contributed by atoms with E-state index in [1.54, 1.807) is 0 Å². The molecule has 3 rings (SSSR count). The number of likely N-dealkylation sites (tertiary alicyclic amines) is 1. The first-order valence-electron chi connectivity index (χ1n) is 7.64. The second kappa shape index (κ2) is 5.49. The molecule has 3 nitrogen and oxygen atoms in total. The molecule has 1 atom stereocenters. The van der Waals surface area contributed by atoms with Crippen LogP contribution in [0.1, 0.15) is 48.9 Å². The highest BCUT2D eigenvalue weighted by Gasteiger charge is 2.30. The van der Waals surface area contributed by atoms with Gasteiger partial charge in [-0.05, 0) is 51.8 Å². The first kappa shape index (κ1) is 12.9. The topological polar surface area (TPSA) is 25.2 Å². The maximum absolute atomic E-state index is 12.0. The summed E-state index contributed by atoms with van der Waals surface area (Å²) in [6.07, 6.45) is 11.5. The number of ketones is 1. The van der Waals surface area contributed by atoms with Crippen LogP contribution in [0.25, 0.3) is 0 Å². The van der Waals surface area contributed by atoms with Crippen LogP contribution in [0.3, 0.4) is 0 Å². The van der Waals surface area contributed by atoms with E-state index in [9.17, 15) is 4.79 Å². The fourth-order valence-corrected chi connectivity index (χ4v) is 3.11. The third-order valence-corrected chi connectivity index (χ3v) is 4.63. The molecule has 0 N–H and O–H groups in total. The summed E-state index contributed by atoms with van der Waals surface area (Å²) >= 11 is 0. The van der Waals surface area contributed by atoms with Gasteiger partial charge in [0.1, 0.15) is 0 Å². The number of aromatic nitrogens is 1. The lowest BCUT2D eigenvalue weighted by atomic mass is 10.0. The van der Waals surface area contributed by atoms with Crippen molar-refractivity contribution >= 4 is 5.78 Å². The minimum Gasteiger partial charge on any atom is -0.353 e. The number of carbonyl (C=O) groups is 1. The van der Waals surface area contributed by atoms with Crippen LogP contribution in [0.2, 0.25) is 0 Å². The largest absolute Gasteiger partial charge is 0.353 e. The van der Waals surface area contributed by atoms with Crippen LogP contribution in [0.4, 0.5) is 0 Å². The van der Waals surface area contributed by atoms with Crippen LogP contribution in [-0.2, 0) is 6.54 Å². The molecule has 1 saturated carbocycles. The predicted octanol–water partition coefficient (Wildman–Crippen LogP) is 2.96. The van der Waals surface area contributed by atoms with Gasteiger partial charge < -0.3 is 9.47 Å². The van der Waals surface area contributed by atoms with Crippen molar-refractivity contribution in [3.63, 3.8) is 0 Å². The molecule has 0 bridgehead atoms. The van der Waals surface area contributed by atoms with E-state index >= 15 is 0 Å². The van der Waals surface area contributed by atoms with E-state index in [-0.39, 0.29) is 0 Å². The molecule has 0 radical (unpaired) electrons. The van der Waals surface area contributed by atoms with Crippen molar-refractivity contribution in [3.05, 3.63) is 24.0 Å². The number of carbonyl (C=O) groups excluding carboxylic acids is 1. The lowest BCUT2D eigenvalue weighted by molar-refractivity contribution is 0.0967. The summed E-state index contributed by atoms with van der Waals surface area (Å²) in [7, 11) is 2.24. The van der Waals surface area contributed by atoms with Gasteiger partial charge in [0, 0.05) is 36.5 Å². The van der Waals surface area contributed by atoms with Gasteiger partial charge in [-0.3, -0.25) is 4.79 Å². The SMILES string of the molecule is CN1CCCCC1CCn1ccc(C(=O)C2CC2)c1. The van der Waals surface area contributed by atoms with Crippen LogP contribution in [0.5, 0.6) is 0 Å². The maximum Gasteiger partial charge on any atom is 0.167 e. The molecule has 2 aliphatic rings. The Bertz CT molecular complexity index is 447. The summed E-state index contributed by atoms with van der Waals surface area (Å²) in [5.41, 5.74) is 0.916. The molecule has 2 fully saturated rings. The number of Topliss-reactive ketones (excluding diaryl/α,β-unsaturated/α-hetero) is 1. The first-order valence-corrected chi connectivity index (χ1v) is 7.64. The summed E-state index contributed by atoms with van der Waals surface area (Å²) in [5, 5.41) is 0. The fraction of sp³-hybridized carbons (Fsp3) is 0.688. The Morgan fingerprint density at radius 3 is 2.89 bits per heavy atom. The molecule has 1 aliphatic heterocycles. The molecule has 0 amide bonds. The van der Waals surface area contributed by atoms with Crippen molar-refractivity contribution in [1.82, 2.24) is 9.47 Å². The van der Waals surface area contributed by atoms with Crippen molar-refractivity contribution in [3.8, 4) is 0 Å². The van der Waals surface area contributed by atoms with E-state index in [4.69, 9.17) is 0 Å². The molecule has 1 aliphatic carbocycles. The van der Waals surface area contributed by atoms with E-state index in [0.717, 1.165) is 31.0 Å². The Hall–Kier alpha value is -1.09. The molecule has 3 heteroatoms. The zero-order valence-electron chi connectivity index (χ0n) is 11.8. The molecule has 1 aromatic heterocycles. The monoisotopic (exact) mass is 260 g/mol. The maximum atomic E-state index is 12.0. The van der Waals surface area contributed by atoms with Gasteiger partial charge in [0.05, 0.1) is 0 Å². The molecular formula is C16H24N2O. The number of hydrogen-bond donors (Lipinski definition) is 0. The minimum absolute atomic E-state index is 0.334. The van der Waals surface area contributed by atoms with Gasteiger partial charge in [0.2, 0.25) is 0 Å². The molecule has 0 spiro atoms. The smallest absolute Gasteiger partial charge is 0.167 e. The Morgan fingerprint density at radius 1 is 1.32 bits per heavy atom. The molecule has 1 saturated heterocycles. The fourth-order valence-electron chi connectivity index (χ4n) is 3.11. The molecule has 19 heavy (non-hydrogen) atoms. The highest BCUT2D eigenvalue weighted by atomic mass is 16.1. The average molecular weight is 260 g/mol.